The molecule has 0 saturated heterocycles. The molecule has 2 N–H and O–H groups in total. The number of halogens is 2. The Hall–Kier alpha value is -0.700. The molecule has 1 unspecified atom stereocenters. The Balaban J connectivity index is 1.71. The first kappa shape index (κ1) is 15.2. The van der Waals surface area contributed by atoms with Crippen LogP contribution >= 0.6 is 34.2 Å². The molecule has 0 aliphatic heterocycles. The molecule has 0 amide bonds. The van der Waals surface area contributed by atoms with Gasteiger partial charge in [0, 0.05) is 8.59 Å². The average molecular weight is 420 g/mol. The van der Waals surface area contributed by atoms with Gasteiger partial charge in [-0.3, -0.25) is 0 Å². The standard InChI is InChI=1S/C14H15ClIN3O2/c15-8-4-5-11(16)10(6-8)14-18-13(19-21-14)12(17)7-20-9-2-1-3-9/h4-6,9,12H,1-3,7,17H2. The SMILES string of the molecule is NC(COC1CCC1)c1noc(-c2cc(Cl)ccc2I)n1. The van der Waals surface area contributed by atoms with Crippen molar-refractivity contribution >= 4 is 34.2 Å². The van der Waals surface area contributed by atoms with E-state index in [1.54, 1.807) is 6.07 Å². The third-order valence-electron chi connectivity index (χ3n) is 3.50. The molecule has 0 radical (unpaired) electrons. The van der Waals surface area contributed by atoms with Crippen molar-refractivity contribution < 1.29 is 9.26 Å². The van der Waals surface area contributed by atoms with Crippen LogP contribution in [0, 0.1) is 3.57 Å². The molecule has 1 aromatic heterocycles. The van der Waals surface area contributed by atoms with Crippen LogP contribution in [0.1, 0.15) is 31.1 Å². The summed E-state index contributed by atoms with van der Waals surface area (Å²) in [6.45, 7) is 0.413. The lowest BCUT2D eigenvalue weighted by Gasteiger charge is -2.26. The molecule has 2 aromatic rings. The fraction of sp³-hybridized carbons (Fsp3) is 0.429. The van der Waals surface area contributed by atoms with Crippen molar-refractivity contribution in [1.82, 2.24) is 10.1 Å². The van der Waals surface area contributed by atoms with Crippen LogP contribution in [-0.2, 0) is 4.74 Å². The van der Waals surface area contributed by atoms with Crippen molar-refractivity contribution in [3.8, 4) is 11.5 Å². The molecule has 0 spiro atoms. The van der Waals surface area contributed by atoms with Crippen molar-refractivity contribution in [2.24, 2.45) is 5.73 Å². The van der Waals surface area contributed by atoms with Gasteiger partial charge >= 0.3 is 0 Å². The maximum atomic E-state index is 6.04. The number of nitrogens with zero attached hydrogens (tertiary/aromatic N) is 2. The number of benzene rings is 1. The molecule has 112 valence electrons. The summed E-state index contributed by atoms with van der Waals surface area (Å²) in [6.07, 6.45) is 3.81. The molecule has 1 fully saturated rings. The minimum absolute atomic E-state index is 0.344. The van der Waals surface area contributed by atoms with E-state index in [9.17, 15) is 0 Å². The van der Waals surface area contributed by atoms with Crippen molar-refractivity contribution in [2.45, 2.75) is 31.4 Å². The van der Waals surface area contributed by atoms with Crippen molar-refractivity contribution in [2.75, 3.05) is 6.61 Å². The maximum absolute atomic E-state index is 6.04. The summed E-state index contributed by atoms with van der Waals surface area (Å²) < 4.78 is 12.0. The van der Waals surface area contributed by atoms with Gasteiger partial charge in [0.2, 0.25) is 0 Å². The number of hydrogen-bond donors (Lipinski definition) is 1. The fourth-order valence-corrected chi connectivity index (χ4v) is 2.75. The number of rotatable bonds is 5. The molecule has 3 rings (SSSR count). The first-order valence-electron chi connectivity index (χ1n) is 6.79. The summed E-state index contributed by atoms with van der Waals surface area (Å²) >= 11 is 8.21. The predicted molar refractivity (Wildman–Crippen MR) is 88.0 cm³/mol. The van der Waals surface area contributed by atoms with E-state index >= 15 is 0 Å². The van der Waals surface area contributed by atoms with Crippen LogP contribution in [0.2, 0.25) is 5.02 Å². The van der Waals surface area contributed by atoms with Gasteiger partial charge in [-0.2, -0.15) is 4.98 Å². The van der Waals surface area contributed by atoms with Crippen LogP contribution in [0.4, 0.5) is 0 Å². The number of nitrogens with two attached hydrogens (primary N) is 1. The summed E-state index contributed by atoms with van der Waals surface area (Å²) in [7, 11) is 0. The van der Waals surface area contributed by atoms with Crippen LogP contribution in [0.15, 0.2) is 22.7 Å². The highest BCUT2D eigenvalue weighted by Crippen LogP contribution is 2.28. The van der Waals surface area contributed by atoms with E-state index in [0.29, 0.717) is 29.4 Å². The number of hydrogen-bond acceptors (Lipinski definition) is 5. The van der Waals surface area contributed by atoms with Gasteiger partial charge in [0.1, 0.15) is 0 Å². The first-order chi connectivity index (χ1) is 10.1. The fourth-order valence-electron chi connectivity index (χ4n) is 2.01. The lowest BCUT2D eigenvalue weighted by molar-refractivity contribution is -0.00549. The van der Waals surface area contributed by atoms with E-state index in [4.69, 9.17) is 26.6 Å². The molecule has 5 nitrogen and oxygen atoms in total. The molecule has 1 heterocycles. The topological polar surface area (TPSA) is 74.2 Å². The number of ether oxygens (including phenoxy) is 1. The van der Waals surface area contributed by atoms with Crippen LogP contribution in [0.5, 0.6) is 0 Å². The van der Waals surface area contributed by atoms with Crippen molar-refractivity contribution in [1.29, 1.82) is 0 Å². The Labute approximate surface area is 141 Å². The van der Waals surface area contributed by atoms with Gasteiger partial charge < -0.3 is 15.0 Å². The van der Waals surface area contributed by atoms with E-state index in [-0.39, 0.29) is 6.04 Å². The smallest absolute Gasteiger partial charge is 0.259 e. The van der Waals surface area contributed by atoms with Crippen molar-refractivity contribution in [3.63, 3.8) is 0 Å². The van der Waals surface area contributed by atoms with E-state index in [2.05, 4.69) is 32.7 Å². The van der Waals surface area contributed by atoms with Gasteiger partial charge in [0.15, 0.2) is 5.82 Å². The second-order valence-electron chi connectivity index (χ2n) is 5.07. The molecule has 1 aromatic carbocycles. The highest BCUT2D eigenvalue weighted by molar-refractivity contribution is 14.1. The largest absolute Gasteiger partial charge is 0.376 e. The number of aromatic nitrogens is 2. The zero-order chi connectivity index (χ0) is 14.8. The minimum atomic E-state index is -0.375. The van der Waals surface area contributed by atoms with Gasteiger partial charge in [-0.25, -0.2) is 0 Å². The predicted octanol–water partition coefficient (Wildman–Crippen LogP) is 3.56. The van der Waals surface area contributed by atoms with Crippen LogP contribution in [0.3, 0.4) is 0 Å². The quantitative estimate of drug-likeness (QED) is 0.750. The second kappa shape index (κ2) is 6.60. The third kappa shape index (κ3) is 3.56. The van der Waals surface area contributed by atoms with E-state index in [0.717, 1.165) is 22.0 Å². The van der Waals surface area contributed by atoms with E-state index < -0.39 is 0 Å². The zero-order valence-corrected chi connectivity index (χ0v) is 14.2. The summed E-state index contributed by atoms with van der Waals surface area (Å²) in [5, 5.41) is 4.58. The summed E-state index contributed by atoms with van der Waals surface area (Å²) in [5.41, 5.74) is 6.86. The summed E-state index contributed by atoms with van der Waals surface area (Å²) in [4.78, 5) is 4.36. The van der Waals surface area contributed by atoms with Crippen LogP contribution < -0.4 is 5.73 Å². The van der Waals surface area contributed by atoms with Gasteiger partial charge in [-0.15, -0.1) is 0 Å². The molecule has 7 heteroatoms. The Morgan fingerprint density at radius 2 is 2.29 bits per heavy atom. The van der Waals surface area contributed by atoms with E-state index in [1.807, 2.05) is 12.1 Å². The molecular formula is C14H15ClIN3O2. The Morgan fingerprint density at radius 1 is 1.48 bits per heavy atom. The van der Waals surface area contributed by atoms with Gasteiger partial charge in [-0.1, -0.05) is 16.8 Å². The highest BCUT2D eigenvalue weighted by Gasteiger charge is 2.22. The molecule has 0 bridgehead atoms. The van der Waals surface area contributed by atoms with Crippen LogP contribution in [0.25, 0.3) is 11.5 Å². The Bertz CT molecular complexity index is 630. The normalized spacial score (nSPS) is 16.7. The third-order valence-corrected chi connectivity index (χ3v) is 4.67. The van der Waals surface area contributed by atoms with E-state index in [1.165, 1.54) is 6.42 Å². The molecular weight excluding hydrogens is 405 g/mol. The highest BCUT2D eigenvalue weighted by atomic mass is 127. The maximum Gasteiger partial charge on any atom is 0.259 e. The molecule has 21 heavy (non-hydrogen) atoms. The van der Waals surface area contributed by atoms with Gasteiger partial charge in [-0.05, 0) is 60.1 Å². The minimum Gasteiger partial charge on any atom is -0.376 e. The molecule has 1 aliphatic carbocycles. The molecule has 1 saturated carbocycles. The average Bonchev–Trinajstić information content (AvgIpc) is 2.89. The monoisotopic (exact) mass is 419 g/mol. The first-order valence-corrected chi connectivity index (χ1v) is 8.25. The Morgan fingerprint density at radius 3 is 3.00 bits per heavy atom. The Kier molecular flexibility index (Phi) is 4.78. The zero-order valence-electron chi connectivity index (χ0n) is 11.3. The van der Waals surface area contributed by atoms with Gasteiger partial charge in [0.25, 0.3) is 5.89 Å². The van der Waals surface area contributed by atoms with Crippen molar-refractivity contribution in [3.05, 3.63) is 32.6 Å². The summed E-state index contributed by atoms with van der Waals surface area (Å²) in [6, 6.07) is 5.15. The molecule has 1 aliphatic rings. The molecule has 1 atom stereocenters. The second-order valence-corrected chi connectivity index (χ2v) is 6.67. The van der Waals surface area contributed by atoms with Crippen LogP contribution in [-0.4, -0.2) is 22.9 Å². The lowest BCUT2D eigenvalue weighted by atomic mass is 9.96. The van der Waals surface area contributed by atoms with Gasteiger partial charge in [0.05, 0.1) is 24.3 Å². The lowest BCUT2D eigenvalue weighted by Crippen LogP contribution is -2.27. The summed E-state index contributed by atoms with van der Waals surface area (Å²) in [5.74, 6) is 0.885.